The van der Waals surface area contributed by atoms with E-state index in [1.807, 2.05) is 0 Å². The smallest absolute Gasteiger partial charge is 0.167 e. The highest BCUT2D eigenvalue weighted by atomic mass is 14.9. The van der Waals surface area contributed by atoms with Crippen molar-refractivity contribution in [1.29, 1.82) is 0 Å². The molecular formula is C24H22N2+2. The van der Waals surface area contributed by atoms with E-state index < -0.39 is 0 Å². The Morgan fingerprint density at radius 2 is 0.731 bits per heavy atom. The van der Waals surface area contributed by atoms with Crippen molar-refractivity contribution in [2.75, 3.05) is 0 Å². The van der Waals surface area contributed by atoms with E-state index in [0.717, 1.165) is 0 Å². The number of benzene rings is 2. The summed E-state index contributed by atoms with van der Waals surface area (Å²) in [7, 11) is 0. The summed E-state index contributed by atoms with van der Waals surface area (Å²) in [5.41, 5.74) is 7.32. The van der Waals surface area contributed by atoms with Gasteiger partial charge in [0, 0.05) is 48.5 Å². The average molecular weight is 338 g/mol. The fraction of sp³-hybridized carbons (Fsp3) is 0.0833. The van der Waals surface area contributed by atoms with Crippen LogP contribution in [0.2, 0.25) is 0 Å². The first-order valence-electron chi connectivity index (χ1n) is 8.86. The monoisotopic (exact) mass is 338 g/mol. The van der Waals surface area contributed by atoms with Gasteiger partial charge in [-0.05, 0) is 25.0 Å². The van der Waals surface area contributed by atoms with Gasteiger partial charge in [-0.3, -0.25) is 0 Å². The second-order valence-corrected chi connectivity index (χ2v) is 6.66. The molecule has 2 heterocycles. The number of pyridine rings is 2. The first kappa shape index (κ1) is 16.2. The Morgan fingerprint density at radius 3 is 1.04 bits per heavy atom. The molecule has 0 saturated carbocycles. The lowest BCUT2D eigenvalue weighted by Gasteiger charge is -2.02. The van der Waals surface area contributed by atoms with Crippen LogP contribution in [0.25, 0.3) is 22.5 Å². The van der Waals surface area contributed by atoms with Gasteiger partial charge in [0.1, 0.15) is 0 Å². The molecule has 0 aliphatic heterocycles. The molecule has 2 aromatic carbocycles. The molecule has 0 amide bonds. The van der Waals surface area contributed by atoms with Gasteiger partial charge in [-0.25, -0.2) is 0 Å². The summed E-state index contributed by atoms with van der Waals surface area (Å²) in [4.78, 5) is 0. The summed E-state index contributed by atoms with van der Waals surface area (Å²) in [6.07, 6.45) is 8.45. The molecule has 2 nitrogen and oxygen atoms in total. The van der Waals surface area contributed by atoms with E-state index in [4.69, 9.17) is 0 Å². The molecule has 126 valence electrons. The van der Waals surface area contributed by atoms with E-state index in [-0.39, 0.29) is 0 Å². The van der Waals surface area contributed by atoms with Crippen molar-refractivity contribution in [3.63, 3.8) is 0 Å². The number of rotatable bonds is 3. The molecule has 2 aromatic heterocycles. The minimum Gasteiger partial charge on any atom is -0.167 e. The highest BCUT2D eigenvalue weighted by Gasteiger charge is 2.09. The third-order valence-corrected chi connectivity index (χ3v) is 4.66. The van der Waals surface area contributed by atoms with E-state index >= 15 is 0 Å². The van der Waals surface area contributed by atoms with E-state index in [9.17, 15) is 0 Å². The molecule has 4 aromatic rings. The van der Waals surface area contributed by atoms with Crippen LogP contribution in [0.15, 0.2) is 97.6 Å². The van der Waals surface area contributed by atoms with Gasteiger partial charge in [-0.1, -0.05) is 35.4 Å². The van der Waals surface area contributed by atoms with Gasteiger partial charge in [-0.2, -0.15) is 9.13 Å². The standard InChI is InChI=1S/C24H22N2/c1-19-3-7-23(8-4-19)25-15-11-21(12-16-25)22-13-17-26(18-14-22)24-9-5-20(2)6-10-24/h3-18H,1-2H3/q+2. The van der Waals surface area contributed by atoms with Crippen molar-refractivity contribution in [2.45, 2.75) is 13.8 Å². The normalized spacial score (nSPS) is 10.7. The molecule has 0 aliphatic rings. The van der Waals surface area contributed by atoms with Crippen LogP contribution in [0.1, 0.15) is 11.1 Å². The molecule has 0 atom stereocenters. The van der Waals surface area contributed by atoms with Gasteiger partial charge < -0.3 is 0 Å². The van der Waals surface area contributed by atoms with Crippen molar-refractivity contribution in [3.05, 3.63) is 109 Å². The summed E-state index contributed by atoms with van der Waals surface area (Å²) < 4.78 is 4.27. The first-order chi connectivity index (χ1) is 12.7. The lowest BCUT2D eigenvalue weighted by Crippen LogP contribution is -2.29. The van der Waals surface area contributed by atoms with Crippen LogP contribution in [-0.4, -0.2) is 0 Å². The molecule has 0 aliphatic carbocycles. The van der Waals surface area contributed by atoms with Crippen molar-refractivity contribution in [1.82, 2.24) is 0 Å². The zero-order valence-electron chi connectivity index (χ0n) is 15.1. The molecule has 0 radical (unpaired) electrons. The molecular weight excluding hydrogens is 316 g/mol. The lowest BCUT2D eigenvalue weighted by atomic mass is 10.1. The number of aromatic nitrogens is 2. The topological polar surface area (TPSA) is 7.76 Å². The van der Waals surface area contributed by atoms with Gasteiger partial charge in [0.15, 0.2) is 24.8 Å². The fourth-order valence-electron chi connectivity index (χ4n) is 3.02. The Bertz CT molecular complexity index is 911. The van der Waals surface area contributed by atoms with Gasteiger partial charge in [0.05, 0.1) is 0 Å². The van der Waals surface area contributed by atoms with E-state index in [2.05, 4.69) is 121 Å². The molecule has 0 N–H and O–H groups in total. The average Bonchev–Trinajstić information content (AvgIpc) is 2.70. The van der Waals surface area contributed by atoms with Crippen LogP contribution in [-0.2, 0) is 0 Å². The molecule has 2 heteroatoms. The molecule has 0 fully saturated rings. The number of aryl methyl sites for hydroxylation is 2. The van der Waals surface area contributed by atoms with Crippen LogP contribution in [0.3, 0.4) is 0 Å². The van der Waals surface area contributed by atoms with Gasteiger partial charge in [-0.15, -0.1) is 0 Å². The maximum atomic E-state index is 2.16. The van der Waals surface area contributed by atoms with Gasteiger partial charge in [0.2, 0.25) is 11.4 Å². The van der Waals surface area contributed by atoms with E-state index in [0.29, 0.717) is 0 Å². The Labute approximate surface area is 154 Å². The van der Waals surface area contributed by atoms with Crippen LogP contribution >= 0.6 is 0 Å². The van der Waals surface area contributed by atoms with Gasteiger partial charge in [0.25, 0.3) is 0 Å². The van der Waals surface area contributed by atoms with Crippen LogP contribution in [0.4, 0.5) is 0 Å². The highest BCUT2D eigenvalue weighted by molar-refractivity contribution is 5.61. The number of nitrogens with zero attached hydrogens (tertiary/aromatic N) is 2. The predicted molar refractivity (Wildman–Crippen MR) is 104 cm³/mol. The van der Waals surface area contributed by atoms with Crippen LogP contribution in [0.5, 0.6) is 0 Å². The number of hydrogen-bond donors (Lipinski definition) is 0. The maximum absolute atomic E-state index is 2.16. The summed E-state index contributed by atoms with van der Waals surface area (Å²) in [6.45, 7) is 4.21. The second-order valence-electron chi connectivity index (χ2n) is 6.66. The largest absolute Gasteiger partial charge is 0.210 e. The third-order valence-electron chi connectivity index (χ3n) is 4.66. The lowest BCUT2D eigenvalue weighted by molar-refractivity contribution is -0.596. The summed E-state index contributed by atoms with van der Waals surface area (Å²) in [5, 5.41) is 0. The first-order valence-corrected chi connectivity index (χ1v) is 8.86. The van der Waals surface area contributed by atoms with E-state index in [1.54, 1.807) is 0 Å². The molecule has 26 heavy (non-hydrogen) atoms. The third kappa shape index (κ3) is 3.40. The van der Waals surface area contributed by atoms with Crippen molar-refractivity contribution in [2.24, 2.45) is 0 Å². The highest BCUT2D eigenvalue weighted by Crippen LogP contribution is 2.16. The fourth-order valence-corrected chi connectivity index (χ4v) is 3.02. The predicted octanol–water partition coefficient (Wildman–Crippen LogP) is 4.52. The van der Waals surface area contributed by atoms with E-state index in [1.165, 1.54) is 33.6 Å². The zero-order valence-corrected chi connectivity index (χ0v) is 15.1. The van der Waals surface area contributed by atoms with Gasteiger partial charge >= 0.3 is 0 Å². The zero-order chi connectivity index (χ0) is 17.9. The molecule has 0 bridgehead atoms. The minimum atomic E-state index is 1.17. The van der Waals surface area contributed by atoms with Crippen molar-refractivity contribution in [3.8, 4) is 22.5 Å². The SMILES string of the molecule is Cc1ccc(-[n+]2ccc(-c3cc[n+](-c4ccc(C)cc4)cc3)cc2)cc1. The molecule has 4 rings (SSSR count). The minimum absolute atomic E-state index is 1.17. The molecule has 0 saturated heterocycles. The van der Waals surface area contributed by atoms with Crippen molar-refractivity contribution < 1.29 is 9.13 Å². The quantitative estimate of drug-likeness (QED) is 0.485. The Hall–Kier alpha value is -3.26. The van der Waals surface area contributed by atoms with Crippen LogP contribution in [0, 0.1) is 13.8 Å². The number of hydrogen-bond acceptors (Lipinski definition) is 0. The van der Waals surface area contributed by atoms with Crippen LogP contribution < -0.4 is 9.13 Å². The van der Waals surface area contributed by atoms with Crippen molar-refractivity contribution >= 4 is 0 Å². The maximum Gasteiger partial charge on any atom is 0.210 e. The Balaban J connectivity index is 1.57. The summed E-state index contributed by atoms with van der Waals surface area (Å²) in [5.74, 6) is 0. The molecule has 0 spiro atoms. The summed E-state index contributed by atoms with van der Waals surface area (Å²) >= 11 is 0. The Kier molecular flexibility index (Phi) is 4.32. The second kappa shape index (κ2) is 6.93. The molecule has 0 unspecified atom stereocenters. The Morgan fingerprint density at radius 1 is 0.423 bits per heavy atom. The summed E-state index contributed by atoms with van der Waals surface area (Å²) in [6, 6.07) is 25.7.